The molecule has 1 unspecified atom stereocenters. The summed E-state index contributed by atoms with van der Waals surface area (Å²) in [5.74, 6) is 0.942. The summed E-state index contributed by atoms with van der Waals surface area (Å²) >= 11 is 1.77. The van der Waals surface area contributed by atoms with Gasteiger partial charge in [0.25, 0.3) is 5.91 Å². The Morgan fingerprint density at radius 2 is 1.96 bits per heavy atom. The number of anilines is 1. The quantitative estimate of drug-likeness (QED) is 0.898. The van der Waals surface area contributed by atoms with Gasteiger partial charge in [0, 0.05) is 16.9 Å². The number of nitrogens with zero attached hydrogens (tertiary/aromatic N) is 1. The van der Waals surface area contributed by atoms with E-state index in [1.54, 1.807) is 11.8 Å². The molecule has 3 nitrogen and oxygen atoms in total. The number of aryl methyl sites for hydroxylation is 1. The SMILES string of the molecule is CCC1CSC(c2ccccc2NC(=O)c2ccccc2C)=N1. The molecule has 1 aliphatic rings. The molecular weight excluding hydrogens is 304 g/mol. The highest BCUT2D eigenvalue weighted by Crippen LogP contribution is 2.29. The highest BCUT2D eigenvalue weighted by atomic mass is 32.2. The average Bonchev–Trinajstić information content (AvgIpc) is 3.04. The van der Waals surface area contributed by atoms with Crippen molar-refractivity contribution in [1.29, 1.82) is 0 Å². The molecule has 23 heavy (non-hydrogen) atoms. The van der Waals surface area contributed by atoms with Crippen LogP contribution in [0.1, 0.15) is 34.8 Å². The van der Waals surface area contributed by atoms with Crippen LogP contribution in [0.15, 0.2) is 53.5 Å². The summed E-state index contributed by atoms with van der Waals surface area (Å²) in [5, 5.41) is 4.07. The second-order valence-corrected chi connectivity index (χ2v) is 6.63. The maximum Gasteiger partial charge on any atom is 0.255 e. The third kappa shape index (κ3) is 3.48. The summed E-state index contributed by atoms with van der Waals surface area (Å²) < 4.78 is 0. The maximum absolute atomic E-state index is 12.6. The van der Waals surface area contributed by atoms with Gasteiger partial charge >= 0.3 is 0 Å². The van der Waals surface area contributed by atoms with Gasteiger partial charge in [0.1, 0.15) is 5.04 Å². The van der Waals surface area contributed by atoms with Gasteiger partial charge in [-0.15, -0.1) is 11.8 Å². The summed E-state index contributed by atoms with van der Waals surface area (Å²) in [6.07, 6.45) is 1.05. The predicted molar refractivity (Wildman–Crippen MR) is 98.6 cm³/mol. The number of hydrogen-bond donors (Lipinski definition) is 1. The van der Waals surface area contributed by atoms with Crippen LogP contribution in [-0.2, 0) is 0 Å². The fourth-order valence-electron chi connectivity index (χ4n) is 2.57. The van der Waals surface area contributed by atoms with Crippen molar-refractivity contribution >= 4 is 28.4 Å². The van der Waals surface area contributed by atoms with E-state index in [0.29, 0.717) is 11.6 Å². The molecule has 0 saturated heterocycles. The van der Waals surface area contributed by atoms with Gasteiger partial charge in [-0.2, -0.15) is 0 Å². The van der Waals surface area contributed by atoms with Gasteiger partial charge in [0.05, 0.1) is 11.7 Å². The number of carbonyl (C=O) groups excluding carboxylic acids is 1. The van der Waals surface area contributed by atoms with Crippen molar-refractivity contribution in [2.45, 2.75) is 26.3 Å². The number of rotatable bonds is 4. The Morgan fingerprint density at radius 1 is 1.22 bits per heavy atom. The molecule has 2 aromatic rings. The average molecular weight is 324 g/mol. The summed E-state index contributed by atoms with van der Waals surface area (Å²) in [5.41, 5.74) is 3.51. The van der Waals surface area contributed by atoms with Gasteiger partial charge in [-0.3, -0.25) is 9.79 Å². The van der Waals surface area contributed by atoms with Crippen molar-refractivity contribution in [2.75, 3.05) is 11.1 Å². The summed E-state index contributed by atoms with van der Waals surface area (Å²) in [6.45, 7) is 4.10. The molecule has 0 spiro atoms. The number of para-hydroxylation sites is 1. The lowest BCUT2D eigenvalue weighted by Gasteiger charge is -2.11. The smallest absolute Gasteiger partial charge is 0.255 e. The monoisotopic (exact) mass is 324 g/mol. The molecule has 0 saturated carbocycles. The standard InChI is InChI=1S/C19H20N2OS/c1-3-14-12-23-19(20-14)16-10-6-7-11-17(16)21-18(22)15-9-5-4-8-13(15)2/h4-11,14H,3,12H2,1-2H3,(H,21,22). The molecule has 118 valence electrons. The third-order valence-corrected chi connectivity index (χ3v) is 5.13. The lowest BCUT2D eigenvalue weighted by Crippen LogP contribution is -2.15. The van der Waals surface area contributed by atoms with Crippen LogP contribution >= 0.6 is 11.8 Å². The summed E-state index contributed by atoms with van der Waals surface area (Å²) in [4.78, 5) is 17.3. The van der Waals surface area contributed by atoms with E-state index in [2.05, 4.69) is 12.2 Å². The van der Waals surface area contributed by atoms with Crippen molar-refractivity contribution < 1.29 is 4.79 Å². The molecule has 4 heteroatoms. The van der Waals surface area contributed by atoms with Gasteiger partial charge in [0.15, 0.2) is 0 Å². The molecule has 2 aromatic carbocycles. The second kappa shape index (κ2) is 7.01. The number of aliphatic imine (C=N–C) groups is 1. The topological polar surface area (TPSA) is 41.5 Å². The van der Waals surface area contributed by atoms with E-state index in [1.807, 2.05) is 55.5 Å². The third-order valence-electron chi connectivity index (χ3n) is 3.98. The minimum Gasteiger partial charge on any atom is -0.321 e. The van der Waals surface area contributed by atoms with Crippen LogP contribution in [0.4, 0.5) is 5.69 Å². The summed E-state index contributed by atoms with van der Waals surface area (Å²) in [6, 6.07) is 15.9. The zero-order valence-corrected chi connectivity index (χ0v) is 14.2. The Morgan fingerprint density at radius 3 is 2.70 bits per heavy atom. The lowest BCUT2D eigenvalue weighted by molar-refractivity contribution is 0.102. The van der Waals surface area contributed by atoms with E-state index in [-0.39, 0.29) is 5.91 Å². The first-order valence-electron chi connectivity index (χ1n) is 7.86. The van der Waals surface area contributed by atoms with E-state index < -0.39 is 0 Å². The molecule has 0 aromatic heterocycles. The van der Waals surface area contributed by atoms with E-state index in [4.69, 9.17) is 4.99 Å². The summed E-state index contributed by atoms with van der Waals surface area (Å²) in [7, 11) is 0. The van der Waals surface area contributed by atoms with Crippen LogP contribution in [0.3, 0.4) is 0 Å². The predicted octanol–water partition coefficient (Wildman–Crippen LogP) is 4.52. The first-order valence-corrected chi connectivity index (χ1v) is 8.84. The van der Waals surface area contributed by atoms with Gasteiger partial charge in [-0.25, -0.2) is 0 Å². The molecule has 0 bridgehead atoms. The molecule has 1 N–H and O–H groups in total. The van der Waals surface area contributed by atoms with Crippen molar-refractivity contribution in [3.8, 4) is 0 Å². The van der Waals surface area contributed by atoms with E-state index in [1.165, 1.54) is 0 Å². The van der Waals surface area contributed by atoms with Crippen LogP contribution in [0, 0.1) is 6.92 Å². The van der Waals surface area contributed by atoms with Gasteiger partial charge in [-0.1, -0.05) is 43.3 Å². The Labute approximate surface area is 141 Å². The van der Waals surface area contributed by atoms with E-state index in [9.17, 15) is 4.79 Å². The van der Waals surface area contributed by atoms with Crippen molar-refractivity contribution in [3.63, 3.8) is 0 Å². The number of hydrogen-bond acceptors (Lipinski definition) is 3. The Bertz CT molecular complexity index is 755. The Balaban J connectivity index is 1.87. The maximum atomic E-state index is 12.6. The number of benzene rings is 2. The zero-order valence-electron chi connectivity index (χ0n) is 13.4. The minimum atomic E-state index is -0.0776. The van der Waals surface area contributed by atoms with E-state index in [0.717, 1.165) is 34.0 Å². The zero-order chi connectivity index (χ0) is 16.2. The molecule has 1 aliphatic heterocycles. The number of thioether (sulfide) groups is 1. The van der Waals surface area contributed by atoms with Crippen LogP contribution in [0.25, 0.3) is 0 Å². The molecule has 0 aliphatic carbocycles. The second-order valence-electron chi connectivity index (χ2n) is 5.62. The first kappa shape index (κ1) is 15.8. The van der Waals surface area contributed by atoms with Crippen molar-refractivity contribution in [3.05, 3.63) is 65.2 Å². The fraction of sp³-hybridized carbons (Fsp3) is 0.263. The van der Waals surface area contributed by atoms with Crippen LogP contribution < -0.4 is 5.32 Å². The highest BCUT2D eigenvalue weighted by molar-refractivity contribution is 8.14. The number of nitrogens with one attached hydrogen (secondary N) is 1. The van der Waals surface area contributed by atoms with Crippen molar-refractivity contribution in [2.24, 2.45) is 4.99 Å². The van der Waals surface area contributed by atoms with Crippen LogP contribution in [0.5, 0.6) is 0 Å². The van der Waals surface area contributed by atoms with E-state index >= 15 is 0 Å². The molecule has 1 heterocycles. The number of amides is 1. The largest absolute Gasteiger partial charge is 0.321 e. The van der Waals surface area contributed by atoms with Gasteiger partial charge in [-0.05, 0) is 31.0 Å². The fourth-order valence-corrected chi connectivity index (χ4v) is 3.79. The van der Waals surface area contributed by atoms with Gasteiger partial charge in [0.2, 0.25) is 0 Å². The van der Waals surface area contributed by atoms with Gasteiger partial charge < -0.3 is 5.32 Å². The Kier molecular flexibility index (Phi) is 4.82. The van der Waals surface area contributed by atoms with Crippen LogP contribution in [-0.4, -0.2) is 22.7 Å². The molecular formula is C19H20N2OS. The normalized spacial score (nSPS) is 17.0. The molecule has 3 rings (SSSR count). The molecule has 0 radical (unpaired) electrons. The highest BCUT2D eigenvalue weighted by Gasteiger charge is 2.20. The minimum absolute atomic E-state index is 0.0776. The first-order chi connectivity index (χ1) is 11.2. The van der Waals surface area contributed by atoms with Crippen LogP contribution in [0.2, 0.25) is 0 Å². The Hall–Kier alpha value is -2.07. The molecule has 1 amide bonds. The molecule has 1 atom stereocenters. The lowest BCUT2D eigenvalue weighted by atomic mass is 10.1. The molecule has 0 fully saturated rings. The van der Waals surface area contributed by atoms with Crippen molar-refractivity contribution in [1.82, 2.24) is 0 Å². The number of carbonyl (C=O) groups is 1.